The summed E-state index contributed by atoms with van der Waals surface area (Å²) in [6.45, 7) is 8.53. The lowest BCUT2D eigenvalue weighted by Gasteiger charge is -2.36. The third-order valence-electron chi connectivity index (χ3n) is 5.72. The van der Waals surface area contributed by atoms with E-state index in [1.54, 1.807) is 17.0 Å². The molecule has 3 aromatic rings. The Morgan fingerprint density at radius 1 is 1.07 bits per heavy atom. The van der Waals surface area contributed by atoms with Crippen molar-refractivity contribution in [1.82, 2.24) is 4.90 Å². The van der Waals surface area contributed by atoms with Crippen molar-refractivity contribution in [2.24, 2.45) is 0 Å². The Balaban J connectivity index is 1.54. The van der Waals surface area contributed by atoms with E-state index in [0.29, 0.717) is 25.1 Å². The van der Waals surface area contributed by atoms with Gasteiger partial charge in [-0.2, -0.15) is 0 Å². The Morgan fingerprint density at radius 2 is 1.80 bits per heavy atom. The maximum absolute atomic E-state index is 13.1. The summed E-state index contributed by atoms with van der Waals surface area (Å²) in [7, 11) is 0. The highest BCUT2D eigenvalue weighted by atomic mass is 16.4. The van der Waals surface area contributed by atoms with E-state index < -0.39 is 5.63 Å². The molecule has 4 rings (SSSR count). The lowest BCUT2D eigenvalue weighted by Crippen LogP contribution is -2.49. The number of carbonyl (C=O) groups is 1. The lowest BCUT2D eigenvalue weighted by molar-refractivity contribution is 0.0742. The number of carbonyl (C=O) groups excluding carboxylic acids is 1. The van der Waals surface area contributed by atoms with Crippen LogP contribution >= 0.6 is 0 Å². The maximum atomic E-state index is 13.1. The fourth-order valence-corrected chi connectivity index (χ4v) is 4.11. The zero-order valence-corrected chi connectivity index (χ0v) is 17.3. The molecule has 0 aliphatic carbocycles. The monoisotopic (exact) mass is 402 g/mol. The predicted octanol–water partition coefficient (Wildman–Crippen LogP) is 4.05. The molecular weight excluding hydrogens is 376 g/mol. The zero-order chi connectivity index (χ0) is 21.1. The maximum Gasteiger partial charge on any atom is 0.349 e. The Morgan fingerprint density at radius 3 is 2.53 bits per heavy atom. The molecular formula is C25H26N2O3. The average Bonchev–Trinajstić information content (AvgIpc) is 2.79. The van der Waals surface area contributed by atoms with Gasteiger partial charge in [-0.05, 0) is 36.1 Å². The molecule has 2 aromatic carbocycles. The number of hydrogen-bond acceptors (Lipinski definition) is 4. The van der Waals surface area contributed by atoms with Crippen LogP contribution in [0.2, 0.25) is 0 Å². The quantitative estimate of drug-likeness (QED) is 0.477. The van der Waals surface area contributed by atoms with Crippen LogP contribution < -0.4 is 10.5 Å². The topological polar surface area (TPSA) is 53.8 Å². The SMILES string of the molecule is C=CCc1cccc2cc(C(=O)N3CCN(c4ccccc4CC)CC3)c(=O)oc12. The van der Waals surface area contributed by atoms with Crippen LogP contribution in [0.1, 0.15) is 28.4 Å². The lowest BCUT2D eigenvalue weighted by atomic mass is 10.1. The van der Waals surface area contributed by atoms with Gasteiger partial charge in [-0.15, -0.1) is 6.58 Å². The first kappa shape index (κ1) is 20.0. The second-order valence-electron chi connectivity index (χ2n) is 7.54. The molecule has 0 saturated carbocycles. The first-order chi connectivity index (χ1) is 14.6. The number of hydrogen-bond donors (Lipinski definition) is 0. The van der Waals surface area contributed by atoms with Gasteiger partial charge >= 0.3 is 5.63 Å². The van der Waals surface area contributed by atoms with Gasteiger partial charge in [-0.25, -0.2) is 4.79 Å². The van der Waals surface area contributed by atoms with Gasteiger partial charge in [0.25, 0.3) is 5.91 Å². The largest absolute Gasteiger partial charge is 0.422 e. The molecule has 5 heteroatoms. The van der Waals surface area contributed by atoms with E-state index in [-0.39, 0.29) is 11.5 Å². The van der Waals surface area contributed by atoms with Crippen LogP contribution in [0.25, 0.3) is 11.0 Å². The van der Waals surface area contributed by atoms with Crippen LogP contribution in [0, 0.1) is 0 Å². The van der Waals surface area contributed by atoms with E-state index in [4.69, 9.17) is 4.42 Å². The number of allylic oxidation sites excluding steroid dienone is 1. The van der Waals surface area contributed by atoms with E-state index in [2.05, 4.69) is 36.6 Å². The van der Waals surface area contributed by atoms with Gasteiger partial charge in [0.05, 0.1) is 0 Å². The average molecular weight is 402 g/mol. The first-order valence-corrected chi connectivity index (χ1v) is 10.4. The molecule has 0 spiro atoms. The molecule has 1 saturated heterocycles. The van der Waals surface area contributed by atoms with Crippen LogP contribution in [-0.2, 0) is 12.8 Å². The molecule has 0 atom stereocenters. The van der Waals surface area contributed by atoms with Gasteiger partial charge in [-0.3, -0.25) is 4.79 Å². The van der Waals surface area contributed by atoms with Crippen LogP contribution in [0.4, 0.5) is 5.69 Å². The van der Waals surface area contributed by atoms with Gasteiger partial charge in [0.1, 0.15) is 11.1 Å². The Kier molecular flexibility index (Phi) is 5.70. The summed E-state index contributed by atoms with van der Waals surface area (Å²) in [5.41, 5.74) is 3.47. The molecule has 1 aliphatic heterocycles. The highest BCUT2D eigenvalue weighted by Gasteiger charge is 2.26. The van der Waals surface area contributed by atoms with Crippen molar-refractivity contribution in [2.45, 2.75) is 19.8 Å². The molecule has 1 aromatic heterocycles. The summed E-state index contributed by atoms with van der Waals surface area (Å²) in [5, 5.41) is 0.757. The molecule has 2 heterocycles. The normalized spacial score (nSPS) is 14.2. The number of anilines is 1. The zero-order valence-electron chi connectivity index (χ0n) is 17.3. The third kappa shape index (κ3) is 3.75. The van der Waals surface area contributed by atoms with Crippen molar-refractivity contribution >= 4 is 22.6 Å². The fraction of sp³-hybridized carbons (Fsp3) is 0.280. The Labute approximate surface area is 176 Å². The molecule has 154 valence electrons. The van der Waals surface area contributed by atoms with E-state index in [9.17, 15) is 9.59 Å². The van der Waals surface area contributed by atoms with Crippen molar-refractivity contribution in [3.63, 3.8) is 0 Å². The second kappa shape index (κ2) is 8.57. The summed E-state index contributed by atoms with van der Waals surface area (Å²) in [4.78, 5) is 29.7. The minimum atomic E-state index is -0.581. The molecule has 0 bridgehead atoms. The van der Waals surface area contributed by atoms with Gasteiger partial charge in [-0.1, -0.05) is 49.4 Å². The van der Waals surface area contributed by atoms with Gasteiger partial charge in [0.2, 0.25) is 0 Å². The first-order valence-electron chi connectivity index (χ1n) is 10.4. The van der Waals surface area contributed by atoms with Crippen LogP contribution in [0.5, 0.6) is 0 Å². The minimum Gasteiger partial charge on any atom is -0.422 e. The summed E-state index contributed by atoms with van der Waals surface area (Å²) >= 11 is 0. The molecule has 5 nitrogen and oxygen atoms in total. The van der Waals surface area contributed by atoms with Crippen molar-refractivity contribution in [3.05, 3.63) is 88.3 Å². The van der Waals surface area contributed by atoms with E-state index in [1.807, 2.05) is 24.3 Å². The summed E-state index contributed by atoms with van der Waals surface area (Å²) < 4.78 is 5.55. The Hall–Kier alpha value is -3.34. The number of aryl methyl sites for hydroxylation is 1. The molecule has 30 heavy (non-hydrogen) atoms. The van der Waals surface area contributed by atoms with Gasteiger partial charge in [0, 0.05) is 37.3 Å². The highest BCUT2D eigenvalue weighted by Crippen LogP contribution is 2.23. The fourth-order valence-electron chi connectivity index (χ4n) is 4.11. The highest BCUT2D eigenvalue weighted by molar-refractivity contribution is 5.97. The molecule has 0 N–H and O–H groups in total. The smallest absolute Gasteiger partial charge is 0.349 e. The molecule has 0 unspecified atom stereocenters. The second-order valence-corrected chi connectivity index (χ2v) is 7.54. The Bertz CT molecular complexity index is 1140. The molecule has 1 fully saturated rings. The number of amides is 1. The minimum absolute atomic E-state index is 0.0978. The molecule has 0 radical (unpaired) electrons. The summed E-state index contributed by atoms with van der Waals surface area (Å²) in [5.74, 6) is -0.261. The van der Waals surface area contributed by atoms with Crippen molar-refractivity contribution in [1.29, 1.82) is 0 Å². The summed E-state index contributed by atoms with van der Waals surface area (Å²) in [6.07, 6.45) is 3.35. The predicted molar refractivity (Wildman–Crippen MR) is 120 cm³/mol. The molecule has 1 aliphatic rings. The third-order valence-corrected chi connectivity index (χ3v) is 5.72. The van der Waals surface area contributed by atoms with Gasteiger partial charge in [0.15, 0.2) is 0 Å². The van der Waals surface area contributed by atoms with E-state index in [1.165, 1.54) is 11.3 Å². The number of rotatable bonds is 5. The summed E-state index contributed by atoms with van der Waals surface area (Å²) in [6, 6.07) is 15.7. The number of benzene rings is 2. The van der Waals surface area contributed by atoms with Crippen molar-refractivity contribution in [3.8, 4) is 0 Å². The standard InChI is InChI=1S/C25H26N2O3/c1-3-8-19-10-7-11-20-17-21(25(29)30-23(19)20)24(28)27-15-13-26(14-16-27)22-12-6-5-9-18(22)4-2/h3,5-7,9-12,17H,1,4,8,13-16H2,2H3. The van der Waals surface area contributed by atoms with E-state index >= 15 is 0 Å². The number of para-hydroxylation sites is 2. The number of piperazine rings is 1. The number of fused-ring (bicyclic) bond motifs is 1. The van der Waals surface area contributed by atoms with E-state index in [0.717, 1.165) is 30.5 Å². The van der Waals surface area contributed by atoms with Crippen LogP contribution in [-0.4, -0.2) is 37.0 Å². The molecule has 1 amide bonds. The van der Waals surface area contributed by atoms with Gasteiger partial charge < -0.3 is 14.2 Å². The van der Waals surface area contributed by atoms with Crippen molar-refractivity contribution in [2.75, 3.05) is 31.1 Å². The van der Waals surface area contributed by atoms with Crippen molar-refractivity contribution < 1.29 is 9.21 Å². The number of nitrogens with zero attached hydrogens (tertiary/aromatic N) is 2. The van der Waals surface area contributed by atoms with Crippen LogP contribution in [0.3, 0.4) is 0 Å². The van der Waals surface area contributed by atoms with Crippen LogP contribution in [0.15, 0.2) is 70.4 Å².